The maximum atomic E-state index is 11.9. The van der Waals surface area contributed by atoms with E-state index in [0.717, 1.165) is 17.4 Å². The number of rotatable bonds is 8. The molecule has 0 saturated carbocycles. The van der Waals surface area contributed by atoms with Gasteiger partial charge in [-0.15, -0.1) is 0 Å². The summed E-state index contributed by atoms with van der Waals surface area (Å²) in [5, 5.41) is 14.2. The first-order valence-electron chi connectivity index (χ1n) is 8.08. The number of carbonyl (C=O) groups is 2. The van der Waals surface area contributed by atoms with Crippen LogP contribution in [0.4, 0.5) is 0 Å². The highest BCUT2D eigenvalue weighted by Crippen LogP contribution is 2.22. The van der Waals surface area contributed by atoms with Gasteiger partial charge in [0.05, 0.1) is 12.0 Å². The van der Waals surface area contributed by atoms with Gasteiger partial charge in [-0.25, -0.2) is 4.79 Å². The molecular formula is C18H20NO6-. The molecule has 0 aliphatic heterocycles. The van der Waals surface area contributed by atoms with Crippen molar-refractivity contribution >= 4 is 22.8 Å². The SMILES string of the molecule is CCCC[C@H](NC(=O)COc1ccc2c(C)cc(=O)oc2c1)C(=O)[O-]. The molecule has 0 radical (unpaired) electrons. The minimum Gasteiger partial charge on any atom is -0.548 e. The van der Waals surface area contributed by atoms with E-state index in [9.17, 15) is 19.5 Å². The van der Waals surface area contributed by atoms with Crippen molar-refractivity contribution in [2.24, 2.45) is 0 Å². The smallest absolute Gasteiger partial charge is 0.336 e. The van der Waals surface area contributed by atoms with E-state index in [1.54, 1.807) is 19.1 Å². The number of hydrogen-bond donors (Lipinski definition) is 1. The Bertz CT molecular complexity index is 826. The molecule has 1 heterocycles. The van der Waals surface area contributed by atoms with Gasteiger partial charge in [0.25, 0.3) is 5.91 Å². The summed E-state index contributed by atoms with van der Waals surface area (Å²) < 4.78 is 10.5. The average molecular weight is 346 g/mol. The number of aryl methyl sites for hydroxylation is 1. The third-order valence-corrected chi connectivity index (χ3v) is 3.76. The number of amides is 1. The van der Waals surface area contributed by atoms with Crippen molar-refractivity contribution in [3.05, 3.63) is 40.2 Å². The summed E-state index contributed by atoms with van der Waals surface area (Å²) in [6.45, 7) is 3.37. The van der Waals surface area contributed by atoms with Gasteiger partial charge in [-0.3, -0.25) is 4.79 Å². The molecule has 1 atom stereocenters. The maximum Gasteiger partial charge on any atom is 0.336 e. The Morgan fingerprint density at radius 2 is 2.08 bits per heavy atom. The van der Waals surface area contributed by atoms with Gasteiger partial charge < -0.3 is 24.4 Å². The third-order valence-electron chi connectivity index (χ3n) is 3.76. The Kier molecular flexibility index (Phi) is 6.16. The van der Waals surface area contributed by atoms with Crippen LogP contribution in [0.5, 0.6) is 5.75 Å². The van der Waals surface area contributed by atoms with Gasteiger partial charge in [0.1, 0.15) is 11.3 Å². The van der Waals surface area contributed by atoms with Crippen LogP contribution in [0.1, 0.15) is 31.7 Å². The van der Waals surface area contributed by atoms with Crippen LogP contribution in [-0.2, 0) is 9.59 Å². The van der Waals surface area contributed by atoms with Gasteiger partial charge in [0.15, 0.2) is 6.61 Å². The monoisotopic (exact) mass is 346 g/mol. The van der Waals surface area contributed by atoms with E-state index in [0.29, 0.717) is 24.2 Å². The molecule has 134 valence electrons. The number of carboxylic acid groups (broad SMARTS) is 1. The first kappa shape index (κ1) is 18.5. The van der Waals surface area contributed by atoms with Crippen molar-refractivity contribution in [3.8, 4) is 5.75 Å². The second-order valence-corrected chi connectivity index (χ2v) is 5.78. The number of benzene rings is 1. The maximum absolute atomic E-state index is 11.9. The van der Waals surface area contributed by atoms with Gasteiger partial charge in [0, 0.05) is 17.5 Å². The summed E-state index contributed by atoms with van der Waals surface area (Å²) in [6.07, 6.45) is 1.80. The largest absolute Gasteiger partial charge is 0.548 e. The second-order valence-electron chi connectivity index (χ2n) is 5.78. The fourth-order valence-corrected chi connectivity index (χ4v) is 2.44. The van der Waals surface area contributed by atoms with Gasteiger partial charge in [-0.2, -0.15) is 0 Å². The number of ether oxygens (including phenoxy) is 1. The Morgan fingerprint density at radius 1 is 1.32 bits per heavy atom. The number of carbonyl (C=O) groups excluding carboxylic acids is 2. The highest BCUT2D eigenvalue weighted by molar-refractivity contribution is 5.84. The summed E-state index contributed by atoms with van der Waals surface area (Å²) in [6, 6.07) is 5.26. The van der Waals surface area contributed by atoms with Crippen molar-refractivity contribution in [2.45, 2.75) is 39.2 Å². The first-order chi connectivity index (χ1) is 11.9. The molecule has 2 aromatic rings. The number of fused-ring (bicyclic) bond motifs is 1. The number of aliphatic carboxylic acids is 1. The van der Waals surface area contributed by atoms with Gasteiger partial charge >= 0.3 is 5.63 Å². The van der Waals surface area contributed by atoms with Crippen LogP contribution in [-0.4, -0.2) is 24.5 Å². The highest BCUT2D eigenvalue weighted by atomic mass is 16.5. The normalized spacial score (nSPS) is 11.9. The van der Waals surface area contributed by atoms with Crippen molar-refractivity contribution in [3.63, 3.8) is 0 Å². The Morgan fingerprint density at radius 3 is 2.76 bits per heavy atom. The molecular weight excluding hydrogens is 326 g/mol. The topological polar surface area (TPSA) is 109 Å². The zero-order valence-corrected chi connectivity index (χ0v) is 14.2. The summed E-state index contributed by atoms with van der Waals surface area (Å²) in [5.41, 5.74) is 0.675. The zero-order chi connectivity index (χ0) is 18.4. The molecule has 1 amide bonds. The van der Waals surface area contributed by atoms with E-state index < -0.39 is 23.5 Å². The van der Waals surface area contributed by atoms with Gasteiger partial charge in [-0.05, 0) is 31.0 Å². The molecule has 1 N–H and O–H groups in total. The summed E-state index contributed by atoms with van der Waals surface area (Å²) in [5.74, 6) is -1.53. The fraction of sp³-hybridized carbons (Fsp3) is 0.389. The molecule has 0 spiro atoms. The standard InChI is InChI=1S/C18H21NO6/c1-3-4-5-14(18(22)23)19-16(20)10-24-12-6-7-13-11(2)8-17(21)25-15(13)9-12/h6-9,14H,3-5,10H2,1-2H3,(H,19,20)(H,22,23)/p-1/t14-/m0/s1. The van der Waals surface area contributed by atoms with Crippen LogP contribution in [0.3, 0.4) is 0 Å². The second kappa shape index (κ2) is 8.32. The molecule has 0 aliphatic rings. The third kappa shape index (κ3) is 5.07. The number of nitrogens with one attached hydrogen (secondary N) is 1. The van der Waals surface area contributed by atoms with Crippen LogP contribution < -0.4 is 20.8 Å². The lowest BCUT2D eigenvalue weighted by Crippen LogP contribution is -2.49. The van der Waals surface area contributed by atoms with Crippen LogP contribution in [0, 0.1) is 6.92 Å². The molecule has 1 aromatic heterocycles. The van der Waals surface area contributed by atoms with Gasteiger partial charge in [-0.1, -0.05) is 19.8 Å². The Balaban J connectivity index is 2.00. The molecule has 7 heteroatoms. The van der Waals surface area contributed by atoms with E-state index in [1.807, 2.05) is 6.92 Å². The van der Waals surface area contributed by atoms with E-state index >= 15 is 0 Å². The number of unbranched alkanes of at least 4 members (excludes halogenated alkanes) is 1. The fourth-order valence-electron chi connectivity index (χ4n) is 2.44. The lowest BCUT2D eigenvalue weighted by molar-refractivity contribution is -0.308. The summed E-state index contributed by atoms with van der Waals surface area (Å²) in [4.78, 5) is 34.3. The highest BCUT2D eigenvalue weighted by Gasteiger charge is 2.13. The van der Waals surface area contributed by atoms with Crippen LogP contribution >= 0.6 is 0 Å². The molecule has 0 saturated heterocycles. The van der Waals surface area contributed by atoms with E-state index in [2.05, 4.69) is 5.32 Å². The molecule has 1 aromatic carbocycles. The molecule has 25 heavy (non-hydrogen) atoms. The minimum atomic E-state index is -1.32. The van der Waals surface area contributed by atoms with Crippen molar-refractivity contribution in [2.75, 3.05) is 6.61 Å². The summed E-state index contributed by atoms with van der Waals surface area (Å²) >= 11 is 0. The summed E-state index contributed by atoms with van der Waals surface area (Å²) in [7, 11) is 0. The van der Waals surface area contributed by atoms with Gasteiger partial charge in [0.2, 0.25) is 0 Å². The molecule has 0 aliphatic carbocycles. The van der Waals surface area contributed by atoms with E-state index in [1.165, 1.54) is 12.1 Å². The Hall–Kier alpha value is -2.83. The van der Waals surface area contributed by atoms with Crippen LogP contribution in [0.2, 0.25) is 0 Å². The van der Waals surface area contributed by atoms with Crippen LogP contribution in [0.15, 0.2) is 33.5 Å². The molecule has 0 bridgehead atoms. The zero-order valence-electron chi connectivity index (χ0n) is 14.2. The number of carboxylic acids is 1. The molecule has 0 unspecified atom stereocenters. The van der Waals surface area contributed by atoms with Crippen LogP contribution in [0.25, 0.3) is 11.0 Å². The average Bonchev–Trinajstić information content (AvgIpc) is 2.56. The number of hydrogen-bond acceptors (Lipinski definition) is 6. The van der Waals surface area contributed by atoms with Crippen molar-refractivity contribution in [1.82, 2.24) is 5.32 Å². The minimum absolute atomic E-state index is 0.310. The van der Waals surface area contributed by atoms with E-state index in [-0.39, 0.29) is 6.61 Å². The molecule has 0 fully saturated rings. The first-order valence-corrected chi connectivity index (χ1v) is 8.08. The predicted octanol–water partition coefficient (Wildman–Crippen LogP) is 0.905. The molecule has 2 rings (SSSR count). The predicted molar refractivity (Wildman–Crippen MR) is 89.2 cm³/mol. The lowest BCUT2D eigenvalue weighted by atomic mass is 10.1. The Labute approximate surface area is 144 Å². The van der Waals surface area contributed by atoms with Crippen molar-refractivity contribution < 1.29 is 23.8 Å². The molecule has 7 nitrogen and oxygen atoms in total. The van der Waals surface area contributed by atoms with E-state index in [4.69, 9.17) is 9.15 Å². The lowest BCUT2D eigenvalue weighted by Gasteiger charge is -2.19. The van der Waals surface area contributed by atoms with Crippen molar-refractivity contribution in [1.29, 1.82) is 0 Å². The quantitative estimate of drug-likeness (QED) is 0.712.